The molecule has 0 radical (unpaired) electrons. The Morgan fingerprint density at radius 1 is 1.00 bits per heavy atom. The number of benzene rings is 2. The van der Waals surface area contributed by atoms with Crippen molar-refractivity contribution in [3.05, 3.63) is 59.7 Å². The van der Waals surface area contributed by atoms with Gasteiger partial charge in [-0.1, -0.05) is 24.3 Å². The van der Waals surface area contributed by atoms with E-state index in [1.807, 2.05) is 44.2 Å². The highest BCUT2D eigenvalue weighted by Gasteiger charge is 2.11. The molecule has 0 aromatic heterocycles. The predicted molar refractivity (Wildman–Crippen MR) is 90.7 cm³/mol. The second-order valence-electron chi connectivity index (χ2n) is 4.83. The van der Waals surface area contributed by atoms with E-state index in [9.17, 15) is 9.90 Å². The van der Waals surface area contributed by atoms with Gasteiger partial charge < -0.3 is 14.6 Å². The van der Waals surface area contributed by atoms with E-state index >= 15 is 0 Å². The lowest BCUT2D eigenvalue weighted by Gasteiger charge is -2.08. The predicted octanol–water partition coefficient (Wildman–Crippen LogP) is 4.11. The molecule has 0 bridgehead atoms. The van der Waals surface area contributed by atoms with Crippen molar-refractivity contribution in [3.63, 3.8) is 0 Å². The number of carbonyl (C=O) groups is 1. The maximum atomic E-state index is 11.6. The summed E-state index contributed by atoms with van der Waals surface area (Å²) in [7, 11) is 0. The minimum atomic E-state index is -0.979. The summed E-state index contributed by atoms with van der Waals surface area (Å²) < 4.78 is 10.8. The van der Waals surface area contributed by atoms with Crippen LogP contribution in [-0.2, 0) is 4.79 Å². The zero-order valence-electron chi connectivity index (χ0n) is 13.3. The highest BCUT2D eigenvalue weighted by molar-refractivity contribution is 6.20. The van der Waals surface area contributed by atoms with Crippen LogP contribution in [0.1, 0.15) is 25.0 Å². The van der Waals surface area contributed by atoms with Crippen molar-refractivity contribution < 1.29 is 19.4 Å². The van der Waals surface area contributed by atoms with Crippen molar-refractivity contribution in [2.75, 3.05) is 13.2 Å². The Morgan fingerprint density at radius 2 is 1.65 bits per heavy atom. The summed E-state index contributed by atoms with van der Waals surface area (Å²) in [5.74, 6) is 0.441. The molecule has 4 nitrogen and oxygen atoms in total. The summed E-state index contributed by atoms with van der Waals surface area (Å²) in [6, 6.07) is 14.4. The lowest BCUT2D eigenvalue weighted by Crippen LogP contribution is -2.00. The normalized spacial score (nSPS) is 11.1. The molecule has 0 unspecified atom stereocenters. The number of hydrogen-bond donors (Lipinski definition) is 1. The zero-order chi connectivity index (χ0) is 16.7. The topological polar surface area (TPSA) is 55.8 Å². The van der Waals surface area contributed by atoms with Crippen LogP contribution >= 0.6 is 0 Å². The highest BCUT2D eigenvalue weighted by Crippen LogP contribution is 2.24. The Morgan fingerprint density at radius 3 is 2.26 bits per heavy atom. The Kier molecular flexibility index (Phi) is 5.80. The van der Waals surface area contributed by atoms with Gasteiger partial charge in [-0.15, -0.1) is 0 Å². The van der Waals surface area contributed by atoms with Gasteiger partial charge in [-0.05, 0) is 55.3 Å². The molecule has 4 heteroatoms. The molecule has 2 rings (SSSR count). The molecule has 0 fully saturated rings. The fourth-order valence-electron chi connectivity index (χ4n) is 2.18. The summed E-state index contributed by atoms with van der Waals surface area (Å²) in [4.78, 5) is 11.6. The molecule has 0 aliphatic heterocycles. The van der Waals surface area contributed by atoms with Crippen LogP contribution in [0.3, 0.4) is 0 Å². The summed E-state index contributed by atoms with van der Waals surface area (Å²) in [6.45, 7) is 4.94. The third kappa shape index (κ3) is 4.61. The smallest absolute Gasteiger partial charge is 0.336 e. The van der Waals surface area contributed by atoms with E-state index in [0.717, 1.165) is 11.3 Å². The number of carboxylic acids is 1. The molecule has 2 aromatic rings. The van der Waals surface area contributed by atoms with E-state index in [4.69, 9.17) is 9.47 Å². The Labute approximate surface area is 136 Å². The Balaban J connectivity index is 2.33. The van der Waals surface area contributed by atoms with Crippen LogP contribution in [0.15, 0.2) is 48.5 Å². The molecule has 0 atom stereocenters. The number of hydrogen-bond acceptors (Lipinski definition) is 3. The average Bonchev–Trinajstić information content (AvgIpc) is 2.54. The molecule has 0 saturated heterocycles. The first-order chi connectivity index (χ1) is 11.1. The summed E-state index contributed by atoms with van der Waals surface area (Å²) in [5, 5.41) is 9.51. The third-order valence-electron chi connectivity index (χ3n) is 3.19. The van der Waals surface area contributed by atoms with Gasteiger partial charge >= 0.3 is 5.97 Å². The molecule has 23 heavy (non-hydrogen) atoms. The van der Waals surface area contributed by atoms with Crippen molar-refractivity contribution in [1.29, 1.82) is 0 Å². The van der Waals surface area contributed by atoms with E-state index < -0.39 is 5.97 Å². The molecular weight excluding hydrogens is 292 g/mol. The molecule has 1 N–H and O–H groups in total. The first-order valence-corrected chi connectivity index (χ1v) is 7.55. The van der Waals surface area contributed by atoms with Crippen LogP contribution in [-0.4, -0.2) is 24.3 Å². The van der Waals surface area contributed by atoms with Crippen LogP contribution in [0.2, 0.25) is 0 Å². The van der Waals surface area contributed by atoms with E-state index in [-0.39, 0.29) is 5.57 Å². The lowest BCUT2D eigenvalue weighted by atomic mass is 10.0. The maximum absolute atomic E-state index is 11.6. The molecule has 0 saturated carbocycles. The Bertz CT molecular complexity index is 687. The van der Waals surface area contributed by atoms with Crippen molar-refractivity contribution in [2.24, 2.45) is 0 Å². The van der Waals surface area contributed by atoms with Gasteiger partial charge in [0.25, 0.3) is 0 Å². The lowest BCUT2D eigenvalue weighted by molar-refractivity contribution is -0.130. The number of rotatable bonds is 7. The fraction of sp³-hybridized carbons (Fsp3) is 0.211. The molecule has 0 amide bonds. The average molecular weight is 312 g/mol. The minimum Gasteiger partial charge on any atom is -0.494 e. The maximum Gasteiger partial charge on any atom is 0.336 e. The van der Waals surface area contributed by atoms with Crippen LogP contribution in [0, 0.1) is 0 Å². The SMILES string of the molecule is CCOc1ccc(/C=C(\C(=O)O)c2cccc(OCC)c2)cc1. The van der Waals surface area contributed by atoms with Crippen molar-refractivity contribution in [3.8, 4) is 11.5 Å². The first-order valence-electron chi connectivity index (χ1n) is 7.55. The van der Waals surface area contributed by atoms with Crippen LogP contribution < -0.4 is 9.47 Å². The summed E-state index contributed by atoms with van der Waals surface area (Å²) >= 11 is 0. The molecule has 120 valence electrons. The van der Waals surface area contributed by atoms with Crippen molar-refractivity contribution in [1.82, 2.24) is 0 Å². The van der Waals surface area contributed by atoms with Gasteiger partial charge in [0.1, 0.15) is 11.5 Å². The number of aliphatic carboxylic acids is 1. The quantitative estimate of drug-likeness (QED) is 0.617. The van der Waals surface area contributed by atoms with Crippen molar-refractivity contribution >= 4 is 17.6 Å². The van der Waals surface area contributed by atoms with Crippen LogP contribution in [0.25, 0.3) is 11.6 Å². The number of ether oxygens (including phenoxy) is 2. The second kappa shape index (κ2) is 8.03. The van der Waals surface area contributed by atoms with Crippen LogP contribution in [0.5, 0.6) is 11.5 Å². The molecule has 0 spiro atoms. The molecule has 0 aliphatic rings. The van der Waals surface area contributed by atoms with E-state index in [0.29, 0.717) is 24.5 Å². The van der Waals surface area contributed by atoms with E-state index in [1.165, 1.54) is 0 Å². The number of carboxylic acid groups (broad SMARTS) is 1. The van der Waals surface area contributed by atoms with Gasteiger partial charge in [-0.3, -0.25) is 0 Å². The van der Waals surface area contributed by atoms with E-state index in [2.05, 4.69) is 0 Å². The molecular formula is C19H20O4. The van der Waals surface area contributed by atoms with Crippen LogP contribution in [0.4, 0.5) is 0 Å². The first kappa shape index (κ1) is 16.6. The van der Waals surface area contributed by atoms with Gasteiger partial charge in [0, 0.05) is 0 Å². The monoisotopic (exact) mass is 312 g/mol. The standard InChI is InChI=1S/C19H20O4/c1-3-22-16-10-8-14(9-11-16)12-18(19(20)21)15-6-5-7-17(13-15)23-4-2/h5-13H,3-4H2,1-2H3,(H,20,21)/b18-12-. The Hall–Kier alpha value is -2.75. The highest BCUT2D eigenvalue weighted by atomic mass is 16.5. The zero-order valence-corrected chi connectivity index (χ0v) is 13.3. The van der Waals surface area contributed by atoms with Crippen molar-refractivity contribution in [2.45, 2.75) is 13.8 Å². The van der Waals surface area contributed by atoms with Gasteiger partial charge in [0.15, 0.2) is 0 Å². The summed E-state index contributed by atoms with van der Waals surface area (Å²) in [5.41, 5.74) is 1.63. The second-order valence-corrected chi connectivity index (χ2v) is 4.83. The fourth-order valence-corrected chi connectivity index (χ4v) is 2.18. The van der Waals surface area contributed by atoms with Gasteiger partial charge in [0.2, 0.25) is 0 Å². The largest absolute Gasteiger partial charge is 0.494 e. The molecule has 0 heterocycles. The summed E-state index contributed by atoms with van der Waals surface area (Å²) in [6.07, 6.45) is 1.64. The van der Waals surface area contributed by atoms with Gasteiger partial charge in [-0.2, -0.15) is 0 Å². The molecule has 2 aromatic carbocycles. The van der Waals surface area contributed by atoms with E-state index in [1.54, 1.807) is 24.3 Å². The third-order valence-corrected chi connectivity index (χ3v) is 3.19. The van der Waals surface area contributed by atoms with Gasteiger partial charge in [-0.25, -0.2) is 4.79 Å². The molecule has 0 aliphatic carbocycles. The minimum absolute atomic E-state index is 0.218. The van der Waals surface area contributed by atoms with Gasteiger partial charge in [0.05, 0.1) is 18.8 Å².